The Morgan fingerprint density at radius 2 is 1.51 bits per heavy atom. The molecule has 1 aliphatic carbocycles. The van der Waals surface area contributed by atoms with E-state index in [4.69, 9.17) is 9.47 Å². The summed E-state index contributed by atoms with van der Waals surface area (Å²) in [6.45, 7) is 0. The first-order valence-corrected chi connectivity index (χ1v) is 11.8. The molecule has 2 heterocycles. The molecule has 7 nitrogen and oxygen atoms in total. The van der Waals surface area contributed by atoms with Crippen molar-refractivity contribution in [2.45, 2.75) is 11.7 Å². The largest absolute Gasteiger partial charge is 0.497 e. The molecule has 2 saturated heterocycles. The SMILES string of the molecule is COc1cccc([C@H]2OC3(C(=O)c4ccccc4C3=O)[C@@H]3C(=O)N(c4ccc(Br)cc4)C(=O)[C@@H]23)c1. The Morgan fingerprint density at radius 1 is 0.857 bits per heavy atom. The van der Waals surface area contributed by atoms with Crippen molar-refractivity contribution >= 4 is 45.0 Å². The number of methoxy groups -OCH3 is 1. The van der Waals surface area contributed by atoms with Crippen molar-refractivity contribution in [1.29, 1.82) is 0 Å². The van der Waals surface area contributed by atoms with Crippen LogP contribution in [0.3, 0.4) is 0 Å². The van der Waals surface area contributed by atoms with Crippen LogP contribution in [0.5, 0.6) is 5.75 Å². The van der Waals surface area contributed by atoms with Gasteiger partial charge >= 0.3 is 0 Å². The summed E-state index contributed by atoms with van der Waals surface area (Å²) in [5.41, 5.74) is -0.784. The van der Waals surface area contributed by atoms with Crippen molar-refractivity contribution in [2.24, 2.45) is 11.8 Å². The maximum Gasteiger partial charge on any atom is 0.241 e. The summed E-state index contributed by atoms with van der Waals surface area (Å²) in [6, 6.07) is 20.0. The van der Waals surface area contributed by atoms with Gasteiger partial charge in [-0.15, -0.1) is 0 Å². The first kappa shape index (κ1) is 21.9. The van der Waals surface area contributed by atoms with Gasteiger partial charge < -0.3 is 9.47 Å². The van der Waals surface area contributed by atoms with E-state index in [2.05, 4.69) is 15.9 Å². The van der Waals surface area contributed by atoms with E-state index in [1.807, 2.05) is 0 Å². The molecule has 35 heavy (non-hydrogen) atoms. The maximum atomic E-state index is 13.9. The number of anilines is 1. The Morgan fingerprint density at radius 3 is 2.14 bits per heavy atom. The van der Waals surface area contributed by atoms with E-state index in [0.29, 0.717) is 17.0 Å². The van der Waals surface area contributed by atoms with Crippen LogP contribution in [0.25, 0.3) is 0 Å². The Bertz CT molecular complexity index is 1400. The normalized spacial score (nSPS) is 24.3. The highest BCUT2D eigenvalue weighted by Crippen LogP contribution is 2.57. The molecule has 8 heteroatoms. The van der Waals surface area contributed by atoms with E-state index >= 15 is 0 Å². The topological polar surface area (TPSA) is 90.0 Å². The second-order valence-corrected chi connectivity index (χ2v) is 9.66. The summed E-state index contributed by atoms with van der Waals surface area (Å²) >= 11 is 3.36. The minimum Gasteiger partial charge on any atom is -0.497 e. The van der Waals surface area contributed by atoms with E-state index in [1.54, 1.807) is 72.8 Å². The third kappa shape index (κ3) is 2.87. The first-order valence-electron chi connectivity index (χ1n) is 11.0. The van der Waals surface area contributed by atoms with Gasteiger partial charge in [-0.2, -0.15) is 0 Å². The van der Waals surface area contributed by atoms with Gasteiger partial charge in [0, 0.05) is 15.6 Å². The van der Waals surface area contributed by atoms with Crippen LogP contribution >= 0.6 is 15.9 Å². The molecular weight excluding hydrogens is 514 g/mol. The van der Waals surface area contributed by atoms with Crippen LogP contribution < -0.4 is 9.64 Å². The number of carbonyl (C=O) groups is 4. The van der Waals surface area contributed by atoms with Crippen molar-refractivity contribution < 1.29 is 28.7 Å². The Hall–Kier alpha value is -3.62. The molecule has 3 aliphatic rings. The quantitative estimate of drug-likeness (QED) is 0.372. The molecule has 0 bridgehead atoms. The molecule has 174 valence electrons. The third-order valence-corrected chi connectivity index (χ3v) is 7.55. The monoisotopic (exact) mass is 531 g/mol. The standard InChI is InChI=1S/C27H18BrNO6/c1-34-17-6-4-5-14(13-17)22-20-21(26(33)29(25(20)32)16-11-9-15(28)10-12-16)27(35-22)23(30)18-7-2-3-8-19(18)24(27)31/h2-13,20-22H,1H3/t20-,21+,22-/m1/s1. The van der Waals surface area contributed by atoms with Gasteiger partial charge in [-0.05, 0) is 42.0 Å². The number of hydrogen-bond donors (Lipinski definition) is 0. The molecule has 0 radical (unpaired) electrons. The Labute approximate surface area is 208 Å². The zero-order chi connectivity index (χ0) is 24.5. The van der Waals surface area contributed by atoms with Gasteiger partial charge in [-0.3, -0.25) is 19.2 Å². The number of benzene rings is 3. The average molecular weight is 532 g/mol. The minimum absolute atomic E-state index is 0.199. The smallest absolute Gasteiger partial charge is 0.241 e. The van der Waals surface area contributed by atoms with Gasteiger partial charge in [-0.25, -0.2) is 4.90 Å². The molecule has 0 N–H and O–H groups in total. The molecule has 1 spiro atoms. The maximum absolute atomic E-state index is 13.9. The predicted molar refractivity (Wildman–Crippen MR) is 128 cm³/mol. The van der Waals surface area contributed by atoms with Crippen molar-refractivity contribution in [3.63, 3.8) is 0 Å². The van der Waals surface area contributed by atoms with E-state index in [0.717, 1.165) is 9.37 Å². The lowest BCUT2D eigenvalue weighted by Gasteiger charge is -2.27. The summed E-state index contributed by atoms with van der Waals surface area (Å²) in [4.78, 5) is 56.3. The average Bonchev–Trinajstić information content (AvgIpc) is 3.45. The second-order valence-electron chi connectivity index (χ2n) is 8.75. The van der Waals surface area contributed by atoms with Gasteiger partial charge in [0.25, 0.3) is 0 Å². The molecule has 0 aromatic heterocycles. The van der Waals surface area contributed by atoms with E-state index < -0.39 is 46.9 Å². The fourth-order valence-corrected chi connectivity index (χ4v) is 5.75. The fourth-order valence-electron chi connectivity index (χ4n) is 5.48. The molecule has 2 aliphatic heterocycles. The number of nitrogens with zero attached hydrogens (tertiary/aromatic N) is 1. The van der Waals surface area contributed by atoms with Gasteiger partial charge in [0.15, 0.2) is 0 Å². The predicted octanol–water partition coefficient (Wildman–Crippen LogP) is 4.15. The lowest BCUT2D eigenvalue weighted by molar-refractivity contribution is -0.127. The highest BCUT2D eigenvalue weighted by atomic mass is 79.9. The van der Waals surface area contributed by atoms with Crippen LogP contribution in [-0.2, 0) is 14.3 Å². The summed E-state index contributed by atoms with van der Waals surface area (Å²) in [6.07, 6.45) is -0.991. The highest BCUT2D eigenvalue weighted by molar-refractivity contribution is 9.10. The number of halogens is 1. The summed E-state index contributed by atoms with van der Waals surface area (Å²) < 4.78 is 12.4. The molecule has 3 aromatic rings. The molecule has 6 rings (SSSR count). The lowest BCUT2D eigenvalue weighted by atomic mass is 9.77. The van der Waals surface area contributed by atoms with Crippen LogP contribution in [0.4, 0.5) is 5.69 Å². The number of ether oxygens (including phenoxy) is 2. The van der Waals surface area contributed by atoms with Gasteiger partial charge in [0.1, 0.15) is 5.75 Å². The van der Waals surface area contributed by atoms with E-state index in [9.17, 15) is 19.2 Å². The molecular formula is C27H18BrNO6. The second kappa shape index (κ2) is 7.69. The lowest BCUT2D eigenvalue weighted by Crippen LogP contribution is -2.51. The van der Waals surface area contributed by atoms with Crippen molar-refractivity contribution in [3.8, 4) is 5.75 Å². The summed E-state index contributed by atoms with van der Waals surface area (Å²) in [5, 5.41) is 0. The fraction of sp³-hybridized carbons (Fsp3) is 0.185. The molecule has 0 saturated carbocycles. The number of hydrogen-bond acceptors (Lipinski definition) is 6. The van der Waals surface area contributed by atoms with Crippen LogP contribution in [0.15, 0.2) is 77.3 Å². The third-order valence-electron chi connectivity index (χ3n) is 7.03. The zero-order valence-electron chi connectivity index (χ0n) is 18.4. The number of carbonyl (C=O) groups excluding carboxylic acids is 4. The number of ketones is 2. The molecule has 3 atom stereocenters. The van der Waals surface area contributed by atoms with Crippen molar-refractivity contribution in [2.75, 3.05) is 12.0 Å². The van der Waals surface area contributed by atoms with Crippen molar-refractivity contribution in [1.82, 2.24) is 0 Å². The van der Waals surface area contributed by atoms with E-state index in [1.165, 1.54) is 7.11 Å². The number of rotatable bonds is 3. The Balaban J connectivity index is 1.54. The molecule has 3 aromatic carbocycles. The zero-order valence-corrected chi connectivity index (χ0v) is 20.0. The molecule has 0 unspecified atom stereocenters. The Kier molecular flexibility index (Phi) is 4.81. The van der Waals surface area contributed by atoms with Gasteiger partial charge in [0.2, 0.25) is 29.0 Å². The summed E-state index contributed by atoms with van der Waals surface area (Å²) in [7, 11) is 1.51. The van der Waals surface area contributed by atoms with Crippen LogP contribution in [-0.4, -0.2) is 36.1 Å². The molecule has 2 fully saturated rings. The number of amides is 2. The van der Waals surface area contributed by atoms with Gasteiger partial charge in [-0.1, -0.05) is 52.3 Å². The minimum atomic E-state index is -2.10. The van der Waals surface area contributed by atoms with Crippen LogP contribution in [0.2, 0.25) is 0 Å². The number of fused-ring (bicyclic) bond motifs is 3. The van der Waals surface area contributed by atoms with Gasteiger partial charge in [0.05, 0.1) is 30.7 Å². The van der Waals surface area contributed by atoms with E-state index in [-0.39, 0.29) is 11.1 Å². The van der Waals surface area contributed by atoms with Crippen LogP contribution in [0, 0.1) is 11.8 Å². The molecule has 2 amide bonds. The number of Topliss-reactive ketones (excluding diaryl/α,β-unsaturated/α-hetero) is 2. The summed E-state index contributed by atoms with van der Waals surface area (Å²) in [5.74, 6) is -4.12. The first-order chi connectivity index (χ1) is 16.9. The van der Waals surface area contributed by atoms with Crippen LogP contribution in [0.1, 0.15) is 32.4 Å². The number of imide groups is 1. The highest BCUT2D eigenvalue weighted by Gasteiger charge is 2.74. The van der Waals surface area contributed by atoms with Crippen molar-refractivity contribution in [3.05, 3.63) is 94.0 Å².